The van der Waals surface area contributed by atoms with Crippen LogP contribution in [0.3, 0.4) is 0 Å². The van der Waals surface area contributed by atoms with Gasteiger partial charge in [0.05, 0.1) is 19.1 Å². The van der Waals surface area contributed by atoms with Crippen molar-refractivity contribution >= 4 is 17.7 Å². The van der Waals surface area contributed by atoms with Gasteiger partial charge in [0.1, 0.15) is 11.3 Å². The zero-order chi connectivity index (χ0) is 16.4. The first-order chi connectivity index (χ1) is 11.0. The Morgan fingerprint density at radius 2 is 2.26 bits per heavy atom. The summed E-state index contributed by atoms with van der Waals surface area (Å²) in [4.78, 5) is 28.8. The van der Waals surface area contributed by atoms with Gasteiger partial charge in [-0.2, -0.15) is 4.39 Å². The molecule has 0 aromatic carbocycles. The molecule has 23 heavy (non-hydrogen) atoms. The third-order valence-electron chi connectivity index (χ3n) is 4.52. The van der Waals surface area contributed by atoms with Gasteiger partial charge in [-0.1, -0.05) is 0 Å². The maximum atomic E-state index is 13.8. The minimum Gasteiger partial charge on any atom is -0.466 e. The van der Waals surface area contributed by atoms with Gasteiger partial charge in [0.25, 0.3) is 0 Å². The van der Waals surface area contributed by atoms with E-state index in [-0.39, 0.29) is 24.1 Å². The molecule has 3 rings (SSSR count). The Balaban J connectivity index is 1.69. The van der Waals surface area contributed by atoms with Gasteiger partial charge in [-0.05, 0) is 44.7 Å². The lowest BCUT2D eigenvalue weighted by molar-refractivity contribution is -0.150. The van der Waals surface area contributed by atoms with E-state index in [1.807, 2.05) is 0 Å². The predicted octanol–water partition coefficient (Wildman–Crippen LogP) is 2.67. The minimum atomic E-state index is -0.693. The van der Waals surface area contributed by atoms with Crippen LogP contribution in [0.1, 0.15) is 32.6 Å². The summed E-state index contributed by atoms with van der Waals surface area (Å²) < 4.78 is 24.4. The van der Waals surface area contributed by atoms with Gasteiger partial charge in [-0.3, -0.25) is 9.69 Å². The molecular formula is C16H19FN2O4. The molecule has 2 aliphatic rings. The molecule has 1 aromatic rings. The smallest absolute Gasteiger partial charge is 0.415 e. The molecule has 0 unspecified atom stereocenters. The van der Waals surface area contributed by atoms with Gasteiger partial charge in [-0.25, -0.2) is 9.78 Å². The summed E-state index contributed by atoms with van der Waals surface area (Å²) in [6, 6.07) is 3.08. The van der Waals surface area contributed by atoms with E-state index in [0.29, 0.717) is 32.3 Å². The van der Waals surface area contributed by atoms with Gasteiger partial charge in [-0.15, -0.1) is 0 Å². The summed E-state index contributed by atoms with van der Waals surface area (Å²) in [6.45, 7) is 2.43. The molecule has 0 N–H and O–H groups in total. The van der Waals surface area contributed by atoms with E-state index in [2.05, 4.69) is 4.98 Å². The normalized spacial score (nSPS) is 27.1. The highest BCUT2D eigenvalue weighted by Crippen LogP contribution is 2.41. The number of carbonyl (C=O) groups excluding carboxylic acids is 2. The second kappa shape index (κ2) is 6.14. The number of hydrogen-bond donors (Lipinski definition) is 0. The Labute approximate surface area is 133 Å². The van der Waals surface area contributed by atoms with Crippen LogP contribution in [0, 0.1) is 11.9 Å². The van der Waals surface area contributed by atoms with Gasteiger partial charge in [0.15, 0.2) is 0 Å². The number of carbonyl (C=O) groups is 2. The maximum Gasteiger partial charge on any atom is 0.415 e. The van der Waals surface area contributed by atoms with Crippen molar-refractivity contribution in [1.82, 2.24) is 4.98 Å². The minimum absolute atomic E-state index is 0.127. The quantitative estimate of drug-likeness (QED) is 0.632. The monoisotopic (exact) mass is 322 g/mol. The molecule has 1 saturated carbocycles. The molecule has 1 amide bonds. The van der Waals surface area contributed by atoms with Gasteiger partial charge < -0.3 is 9.47 Å². The fourth-order valence-electron chi connectivity index (χ4n) is 3.29. The van der Waals surface area contributed by atoms with Crippen LogP contribution >= 0.6 is 0 Å². The standard InChI is InChI=1S/C16H19FN2O4/c1-2-22-14(20)11-5-7-16(8-6-11)10-19(15(21)23-16)12-4-3-9-18-13(12)17/h3-4,9,11H,2,5-8,10H2,1H3. The van der Waals surface area contributed by atoms with Crippen molar-refractivity contribution < 1.29 is 23.5 Å². The van der Waals surface area contributed by atoms with Crippen molar-refractivity contribution in [2.75, 3.05) is 18.1 Å². The molecule has 1 saturated heterocycles. The van der Waals surface area contributed by atoms with Gasteiger partial charge in [0, 0.05) is 6.20 Å². The van der Waals surface area contributed by atoms with Crippen molar-refractivity contribution in [3.8, 4) is 0 Å². The lowest BCUT2D eigenvalue weighted by Crippen LogP contribution is -2.40. The Bertz CT molecular complexity index is 614. The first kappa shape index (κ1) is 15.7. The first-order valence-electron chi connectivity index (χ1n) is 7.82. The number of nitrogens with zero attached hydrogens (tertiary/aromatic N) is 2. The van der Waals surface area contributed by atoms with Gasteiger partial charge >= 0.3 is 12.1 Å². The molecule has 2 fully saturated rings. The second-order valence-corrected chi connectivity index (χ2v) is 5.98. The highest BCUT2D eigenvalue weighted by Gasteiger charge is 2.49. The zero-order valence-corrected chi connectivity index (χ0v) is 13.0. The Morgan fingerprint density at radius 1 is 1.52 bits per heavy atom. The highest BCUT2D eigenvalue weighted by molar-refractivity contribution is 5.90. The topological polar surface area (TPSA) is 68.7 Å². The average Bonchev–Trinajstić information content (AvgIpc) is 2.85. The Kier molecular flexibility index (Phi) is 4.19. The molecular weight excluding hydrogens is 303 g/mol. The zero-order valence-electron chi connectivity index (χ0n) is 13.0. The fourth-order valence-corrected chi connectivity index (χ4v) is 3.29. The fraction of sp³-hybridized carbons (Fsp3) is 0.562. The van der Waals surface area contributed by atoms with E-state index in [1.54, 1.807) is 13.0 Å². The molecule has 1 aliphatic heterocycles. The second-order valence-electron chi connectivity index (χ2n) is 5.98. The Hall–Kier alpha value is -2.18. The summed E-state index contributed by atoms with van der Waals surface area (Å²) in [5.41, 5.74) is -0.524. The maximum absolute atomic E-state index is 13.8. The van der Waals surface area contributed by atoms with E-state index in [9.17, 15) is 14.0 Å². The van der Waals surface area contributed by atoms with Crippen LogP contribution in [-0.2, 0) is 14.3 Å². The third kappa shape index (κ3) is 3.00. The first-order valence-corrected chi connectivity index (χ1v) is 7.82. The van der Waals surface area contributed by atoms with Crippen LogP contribution in [0.4, 0.5) is 14.9 Å². The molecule has 6 nitrogen and oxygen atoms in total. The number of hydrogen-bond acceptors (Lipinski definition) is 5. The highest BCUT2D eigenvalue weighted by atomic mass is 19.1. The number of anilines is 1. The summed E-state index contributed by atoms with van der Waals surface area (Å²) in [6.07, 6.45) is 3.12. The number of amides is 1. The number of rotatable bonds is 3. The summed E-state index contributed by atoms with van der Waals surface area (Å²) >= 11 is 0. The van der Waals surface area contributed by atoms with Crippen LogP contribution in [0.25, 0.3) is 0 Å². The van der Waals surface area contributed by atoms with Gasteiger partial charge in [0.2, 0.25) is 5.95 Å². The van der Waals surface area contributed by atoms with Crippen LogP contribution in [-0.4, -0.2) is 35.8 Å². The molecule has 0 radical (unpaired) electrons. The van der Waals surface area contributed by atoms with Crippen molar-refractivity contribution in [1.29, 1.82) is 0 Å². The van der Waals surface area contributed by atoms with Crippen LogP contribution in [0.2, 0.25) is 0 Å². The van der Waals surface area contributed by atoms with Crippen LogP contribution in [0.5, 0.6) is 0 Å². The third-order valence-corrected chi connectivity index (χ3v) is 4.52. The van der Waals surface area contributed by atoms with Crippen molar-refractivity contribution in [2.24, 2.45) is 5.92 Å². The van der Waals surface area contributed by atoms with Crippen molar-refractivity contribution in [3.63, 3.8) is 0 Å². The lowest BCUT2D eigenvalue weighted by Gasteiger charge is -2.34. The predicted molar refractivity (Wildman–Crippen MR) is 79.3 cm³/mol. The molecule has 1 aromatic heterocycles. The number of pyridine rings is 1. The number of aromatic nitrogens is 1. The molecule has 0 bridgehead atoms. The molecule has 2 heterocycles. The molecule has 7 heteroatoms. The van der Waals surface area contributed by atoms with E-state index in [1.165, 1.54) is 17.2 Å². The molecule has 1 spiro atoms. The van der Waals surface area contributed by atoms with Crippen LogP contribution < -0.4 is 4.90 Å². The summed E-state index contributed by atoms with van der Waals surface area (Å²) in [7, 11) is 0. The molecule has 0 atom stereocenters. The summed E-state index contributed by atoms with van der Waals surface area (Å²) in [5, 5.41) is 0. The van der Waals surface area contributed by atoms with E-state index < -0.39 is 17.6 Å². The molecule has 124 valence electrons. The number of halogens is 1. The van der Waals surface area contributed by atoms with Crippen LogP contribution in [0.15, 0.2) is 18.3 Å². The summed E-state index contributed by atoms with van der Waals surface area (Å²) in [5.74, 6) is -1.04. The van der Waals surface area contributed by atoms with Crippen molar-refractivity contribution in [2.45, 2.75) is 38.2 Å². The van der Waals surface area contributed by atoms with E-state index in [4.69, 9.17) is 9.47 Å². The average molecular weight is 322 g/mol. The van der Waals surface area contributed by atoms with Crippen molar-refractivity contribution in [3.05, 3.63) is 24.3 Å². The Morgan fingerprint density at radius 3 is 2.91 bits per heavy atom. The number of esters is 1. The molecule has 1 aliphatic carbocycles. The lowest BCUT2D eigenvalue weighted by atomic mass is 9.78. The van der Waals surface area contributed by atoms with E-state index in [0.717, 1.165) is 0 Å². The van der Waals surface area contributed by atoms with E-state index >= 15 is 0 Å². The largest absolute Gasteiger partial charge is 0.466 e. The number of ether oxygens (including phenoxy) is 2. The SMILES string of the molecule is CCOC(=O)C1CCC2(CC1)CN(c1cccnc1F)C(=O)O2.